The molecule has 0 aliphatic carbocycles. The first kappa shape index (κ1) is 20.0. The predicted molar refractivity (Wildman–Crippen MR) is 110 cm³/mol. The van der Waals surface area contributed by atoms with E-state index in [1.807, 2.05) is 18.8 Å². The van der Waals surface area contributed by atoms with Gasteiger partial charge in [-0.05, 0) is 31.2 Å². The number of rotatable bonds is 7. The lowest BCUT2D eigenvalue weighted by atomic mass is 10.0. The van der Waals surface area contributed by atoms with Crippen molar-refractivity contribution in [1.29, 1.82) is 0 Å². The van der Waals surface area contributed by atoms with E-state index in [-0.39, 0.29) is 0 Å². The molecule has 0 fully saturated rings. The molecule has 5 nitrogen and oxygen atoms in total. The number of hydrogen-bond acceptors (Lipinski definition) is 2. The summed E-state index contributed by atoms with van der Waals surface area (Å²) in [6, 6.07) is 8.74. The van der Waals surface area contributed by atoms with E-state index >= 15 is 0 Å². The number of aromatic nitrogens is 2. The highest BCUT2D eigenvalue weighted by atomic mass is 15.3. The third kappa shape index (κ3) is 4.87. The molecule has 0 radical (unpaired) electrons. The van der Waals surface area contributed by atoms with Crippen molar-refractivity contribution in [3.8, 4) is 0 Å². The van der Waals surface area contributed by atoms with Gasteiger partial charge in [0.15, 0.2) is 5.96 Å². The van der Waals surface area contributed by atoms with Crippen LogP contribution in [0, 0.1) is 6.92 Å². The van der Waals surface area contributed by atoms with Gasteiger partial charge in [-0.3, -0.25) is 9.67 Å². The van der Waals surface area contributed by atoms with Gasteiger partial charge >= 0.3 is 0 Å². The molecule has 5 heteroatoms. The summed E-state index contributed by atoms with van der Waals surface area (Å²) in [4.78, 5) is 4.37. The minimum Gasteiger partial charge on any atom is -0.356 e. The molecule has 1 unspecified atom stereocenters. The van der Waals surface area contributed by atoms with Crippen LogP contribution in [-0.2, 0) is 26.4 Å². The number of hydrogen-bond donors (Lipinski definition) is 2. The van der Waals surface area contributed by atoms with Gasteiger partial charge < -0.3 is 10.6 Å². The van der Waals surface area contributed by atoms with Crippen molar-refractivity contribution >= 4 is 5.96 Å². The van der Waals surface area contributed by atoms with Crippen molar-refractivity contribution in [2.75, 3.05) is 13.6 Å². The van der Waals surface area contributed by atoms with Crippen LogP contribution in [0.3, 0.4) is 0 Å². The molecule has 1 aromatic heterocycles. The minimum absolute atomic E-state index is 0.421. The molecular weight excluding hydrogens is 322 g/mol. The molecule has 1 aromatic carbocycles. The molecule has 0 saturated carbocycles. The molecule has 142 valence electrons. The average Bonchev–Trinajstić information content (AvgIpc) is 2.96. The van der Waals surface area contributed by atoms with Crippen molar-refractivity contribution in [2.24, 2.45) is 12.0 Å². The largest absolute Gasteiger partial charge is 0.356 e. The van der Waals surface area contributed by atoms with Crippen molar-refractivity contribution in [2.45, 2.75) is 53.0 Å². The van der Waals surface area contributed by atoms with E-state index in [1.54, 1.807) is 0 Å². The number of guanidine groups is 1. The zero-order chi connectivity index (χ0) is 19.1. The minimum atomic E-state index is 0.421. The van der Waals surface area contributed by atoms with E-state index in [4.69, 9.17) is 0 Å². The second-order valence-corrected chi connectivity index (χ2v) is 6.82. The molecule has 2 rings (SSSR count). The van der Waals surface area contributed by atoms with E-state index in [2.05, 4.69) is 72.7 Å². The molecule has 0 aliphatic rings. The molecular formula is C21H33N5. The highest BCUT2D eigenvalue weighted by Crippen LogP contribution is 2.16. The summed E-state index contributed by atoms with van der Waals surface area (Å²) < 4.78 is 2.01. The van der Waals surface area contributed by atoms with Crippen LogP contribution in [-0.4, -0.2) is 29.3 Å². The van der Waals surface area contributed by atoms with Crippen molar-refractivity contribution in [3.63, 3.8) is 0 Å². The van der Waals surface area contributed by atoms with Crippen LogP contribution < -0.4 is 10.6 Å². The van der Waals surface area contributed by atoms with E-state index in [0.29, 0.717) is 5.92 Å². The topological polar surface area (TPSA) is 54.2 Å². The maximum atomic E-state index is 4.64. The summed E-state index contributed by atoms with van der Waals surface area (Å²) in [7, 11) is 3.84. The molecule has 0 bridgehead atoms. The maximum Gasteiger partial charge on any atom is 0.191 e. The van der Waals surface area contributed by atoms with Crippen LogP contribution in [0.2, 0.25) is 0 Å². The third-order valence-corrected chi connectivity index (χ3v) is 4.91. The SMILES string of the molecule is CCc1nn(C)c(CC)c1CNC(=NC)NCC(C)c1ccc(C)cc1. The molecule has 0 amide bonds. The second-order valence-electron chi connectivity index (χ2n) is 6.82. The Morgan fingerprint density at radius 2 is 1.85 bits per heavy atom. The van der Waals surface area contributed by atoms with E-state index < -0.39 is 0 Å². The Labute approximate surface area is 157 Å². The molecule has 26 heavy (non-hydrogen) atoms. The average molecular weight is 356 g/mol. The quantitative estimate of drug-likeness (QED) is 0.592. The van der Waals surface area contributed by atoms with Crippen LogP contribution in [0.1, 0.15) is 54.8 Å². The smallest absolute Gasteiger partial charge is 0.191 e. The highest BCUT2D eigenvalue weighted by molar-refractivity contribution is 5.79. The van der Waals surface area contributed by atoms with Gasteiger partial charge in [-0.15, -0.1) is 0 Å². The molecule has 0 spiro atoms. The van der Waals surface area contributed by atoms with Gasteiger partial charge in [-0.1, -0.05) is 50.6 Å². The Hall–Kier alpha value is -2.30. The van der Waals surface area contributed by atoms with Gasteiger partial charge in [0.05, 0.1) is 5.69 Å². The Kier molecular flexibility index (Phi) is 7.25. The van der Waals surface area contributed by atoms with E-state index in [9.17, 15) is 0 Å². The Morgan fingerprint density at radius 3 is 2.42 bits per heavy atom. The first-order chi connectivity index (χ1) is 12.5. The summed E-state index contributed by atoms with van der Waals surface area (Å²) in [5, 5.41) is 11.5. The maximum absolute atomic E-state index is 4.64. The van der Waals surface area contributed by atoms with Crippen LogP contribution in [0.25, 0.3) is 0 Å². The first-order valence-electron chi connectivity index (χ1n) is 9.54. The molecule has 1 heterocycles. The van der Waals surface area contributed by atoms with Crippen molar-refractivity contribution in [1.82, 2.24) is 20.4 Å². The van der Waals surface area contributed by atoms with Crippen molar-refractivity contribution in [3.05, 3.63) is 52.3 Å². The molecule has 2 aromatic rings. The highest BCUT2D eigenvalue weighted by Gasteiger charge is 2.14. The molecule has 0 aliphatic heterocycles. The van der Waals surface area contributed by atoms with E-state index in [1.165, 1.54) is 28.1 Å². The summed E-state index contributed by atoms with van der Waals surface area (Å²) in [5.74, 6) is 1.25. The number of benzene rings is 1. The lowest BCUT2D eigenvalue weighted by Crippen LogP contribution is -2.38. The Morgan fingerprint density at radius 1 is 1.15 bits per heavy atom. The zero-order valence-electron chi connectivity index (χ0n) is 17.1. The van der Waals surface area contributed by atoms with Crippen LogP contribution in [0.15, 0.2) is 29.3 Å². The van der Waals surface area contributed by atoms with Crippen LogP contribution >= 0.6 is 0 Å². The van der Waals surface area contributed by atoms with Crippen molar-refractivity contribution < 1.29 is 0 Å². The van der Waals surface area contributed by atoms with Gasteiger partial charge in [0, 0.05) is 38.4 Å². The Balaban J connectivity index is 1.95. The van der Waals surface area contributed by atoms with Crippen LogP contribution in [0.5, 0.6) is 0 Å². The summed E-state index contributed by atoms with van der Waals surface area (Å²) >= 11 is 0. The fourth-order valence-corrected chi connectivity index (χ4v) is 3.25. The van der Waals surface area contributed by atoms with Crippen LogP contribution in [0.4, 0.5) is 0 Å². The molecule has 1 atom stereocenters. The fraction of sp³-hybridized carbons (Fsp3) is 0.524. The fourth-order valence-electron chi connectivity index (χ4n) is 3.25. The van der Waals surface area contributed by atoms with Gasteiger partial charge in [-0.25, -0.2) is 0 Å². The van der Waals surface area contributed by atoms with Gasteiger partial charge in [0.25, 0.3) is 0 Å². The molecule has 0 saturated heterocycles. The predicted octanol–water partition coefficient (Wildman–Crippen LogP) is 3.32. The van der Waals surface area contributed by atoms with Gasteiger partial charge in [-0.2, -0.15) is 5.10 Å². The van der Waals surface area contributed by atoms with E-state index in [0.717, 1.165) is 31.9 Å². The summed E-state index contributed by atoms with van der Waals surface area (Å²) in [6.07, 6.45) is 1.93. The summed E-state index contributed by atoms with van der Waals surface area (Å²) in [6.45, 7) is 10.3. The van der Waals surface area contributed by atoms with Gasteiger partial charge in [0.1, 0.15) is 0 Å². The number of nitrogens with zero attached hydrogens (tertiary/aromatic N) is 3. The number of aryl methyl sites for hydroxylation is 3. The lowest BCUT2D eigenvalue weighted by Gasteiger charge is -2.17. The lowest BCUT2D eigenvalue weighted by molar-refractivity contribution is 0.693. The standard InChI is InChI=1S/C21H33N5/c1-7-19-18(20(8-2)26(6)25-19)14-24-21(22-5)23-13-16(4)17-11-9-15(3)10-12-17/h9-12,16H,7-8,13-14H2,1-6H3,(H2,22,23,24). The monoisotopic (exact) mass is 355 g/mol. The summed E-state index contributed by atoms with van der Waals surface area (Å²) in [5.41, 5.74) is 6.39. The Bertz CT molecular complexity index is 728. The zero-order valence-corrected chi connectivity index (χ0v) is 17.1. The normalized spacial score (nSPS) is 12.9. The third-order valence-electron chi connectivity index (χ3n) is 4.91. The molecule has 2 N–H and O–H groups in total. The number of nitrogens with one attached hydrogen (secondary N) is 2. The first-order valence-corrected chi connectivity index (χ1v) is 9.54. The second kappa shape index (κ2) is 9.41. The van der Waals surface area contributed by atoms with Gasteiger partial charge in [0.2, 0.25) is 0 Å². The number of aliphatic imine (C=N–C) groups is 1.